The van der Waals surface area contributed by atoms with Crippen molar-refractivity contribution in [3.63, 3.8) is 0 Å². The predicted octanol–water partition coefficient (Wildman–Crippen LogP) is 4.64. The number of para-hydroxylation sites is 1. The van der Waals surface area contributed by atoms with Gasteiger partial charge >= 0.3 is 0 Å². The molecule has 3 heterocycles. The highest BCUT2D eigenvalue weighted by molar-refractivity contribution is 7.80. The second-order valence-corrected chi connectivity index (χ2v) is 9.41. The second-order valence-electron chi connectivity index (χ2n) is 9.03. The summed E-state index contributed by atoms with van der Waals surface area (Å²) in [6.07, 6.45) is 1.86. The molecule has 168 valence electrons. The molecule has 0 saturated carbocycles. The number of hydrogen-bond donors (Lipinski definition) is 1. The zero-order valence-electron chi connectivity index (χ0n) is 19.9. The quantitative estimate of drug-likeness (QED) is 0.557. The zero-order chi connectivity index (χ0) is 23.0. The molecule has 1 saturated heterocycles. The van der Waals surface area contributed by atoms with E-state index in [4.69, 9.17) is 12.2 Å². The van der Waals surface area contributed by atoms with Crippen LogP contribution >= 0.6 is 12.2 Å². The SMILES string of the molecule is Cc1cccc(C)c1-n1c(C)cc([C@H]2[C@@H](c3ccccn3)NC(=S)N2CCN(C)C)c1C. The maximum absolute atomic E-state index is 5.83. The maximum Gasteiger partial charge on any atom is 0.170 e. The number of likely N-dealkylation sites (N-methyl/N-ethyl adjacent to an activating group) is 1. The Balaban J connectivity index is 1.85. The van der Waals surface area contributed by atoms with Gasteiger partial charge in [-0.15, -0.1) is 0 Å². The van der Waals surface area contributed by atoms with Crippen molar-refractivity contribution in [1.82, 2.24) is 24.7 Å². The van der Waals surface area contributed by atoms with Crippen molar-refractivity contribution in [1.29, 1.82) is 0 Å². The third-order valence-corrected chi connectivity index (χ3v) is 6.79. The molecule has 0 bridgehead atoms. The molecule has 1 aromatic carbocycles. The molecule has 2 atom stereocenters. The topological polar surface area (TPSA) is 36.3 Å². The molecule has 1 fully saturated rings. The second kappa shape index (κ2) is 9.04. The minimum atomic E-state index is 0.0118. The Morgan fingerprint density at radius 3 is 2.38 bits per heavy atom. The summed E-state index contributed by atoms with van der Waals surface area (Å²) in [6.45, 7) is 10.6. The zero-order valence-corrected chi connectivity index (χ0v) is 20.7. The molecule has 0 unspecified atom stereocenters. The first-order chi connectivity index (χ1) is 15.3. The van der Waals surface area contributed by atoms with Gasteiger partial charge in [-0.05, 0) is 88.9 Å². The lowest BCUT2D eigenvalue weighted by molar-refractivity contribution is 0.277. The lowest BCUT2D eigenvalue weighted by Crippen LogP contribution is -2.35. The summed E-state index contributed by atoms with van der Waals surface area (Å²) in [5.74, 6) is 0. The average molecular weight is 448 g/mol. The molecule has 1 aliphatic rings. The van der Waals surface area contributed by atoms with Crippen molar-refractivity contribution < 1.29 is 0 Å². The first-order valence-corrected chi connectivity index (χ1v) is 11.6. The first kappa shape index (κ1) is 22.5. The fourth-order valence-corrected chi connectivity index (χ4v) is 5.21. The summed E-state index contributed by atoms with van der Waals surface area (Å²) < 4.78 is 2.40. The van der Waals surface area contributed by atoms with Gasteiger partial charge in [0.2, 0.25) is 0 Å². The molecule has 0 aliphatic carbocycles. The molecule has 0 amide bonds. The number of nitrogens with zero attached hydrogens (tertiary/aromatic N) is 4. The summed E-state index contributed by atoms with van der Waals surface area (Å²) in [5, 5.41) is 4.37. The molecule has 1 N–H and O–H groups in total. The summed E-state index contributed by atoms with van der Waals surface area (Å²) in [6, 6.07) is 15.0. The van der Waals surface area contributed by atoms with Crippen molar-refractivity contribution >= 4 is 17.3 Å². The van der Waals surface area contributed by atoms with Crippen molar-refractivity contribution in [2.24, 2.45) is 0 Å². The molecule has 6 heteroatoms. The van der Waals surface area contributed by atoms with Crippen molar-refractivity contribution in [2.45, 2.75) is 39.8 Å². The minimum absolute atomic E-state index is 0.0118. The molecular weight excluding hydrogens is 414 g/mol. The number of benzene rings is 1. The number of thiocarbonyl (C=S) groups is 1. The van der Waals surface area contributed by atoms with Crippen LogP contribution in [0.2, 0.25) is 0 Å². The van der Waals surface area contributed by atoms with Crippen molar-refractivity contribution in [3.8, 4) is 5.69 Å². The molecule has 3 aromatic rings. The Morgan fingerprint density at radius 1 is 1.03 bits per heavy atom. The van der Waals surface area contributed by atoms with Gasteiger partial charge in [0.05, 0.1) is 23.5 Å². The molecule has 1 aliphatic heterocycles. The molecule has 2 aromatic heterocycles. The van der Waals surface area contributed by atoms with Crippen LogP contribution in [-0.2, 0) is 0 Å². The highest BCUT2D eigenvalue weighted by Gasteiger charge is 2.41. The number of rotatable bonds is 6. The van der Waals surface area contributed by atoms with Crippen LogP contribution in [0.5, 0.6) is 0 Å². The summed E-state index contributed by atoms with van der Waals surface area (Å²) in [7, 11) is 4.20. The standard InChI is InChI=1S/C26H33N5S/c1-17-10-9-11-18(2)24(17)31-19(3)16-21(20(31)4)25-23(22-12-7-8-13-27-22)28-26(32)30(25)15-14-29(5)6/h7-13,16,23,25H,14-15H2,1-6H3,(H,28,32)/t23-,25+/m1/s1. The first-order valence-electron chi connectivity index (χ1n) is 11.2. The summed E-state index contributed by atoms with van der Waals surface area (Å²) >= 11 is 5.83. The monoisotopic (exact) mass is 447 g/mol. The van der Waals surface area contributed by atoms with Gasteiger partial charge in [0, 0.05) is 30.7 Å². The van der Waals surface area contributed by atoms with Gasteiger partial charge in [0.15, 0.2) is 5.11 Å². The van der Waals surface area contributed by atoms with Gasteiger partial charge in [-0.2, -0.15) is 0 Å². The van der Waals surface area contributed by atoms with Crippen molar-refractivity contribution in [3.05, 3.63) is 82.4 Å². The van der Waals surface area contributed by atoms with E-state index in [1.54, 1.807) is 0 Å². The van der Waals surface area contributed by atoms with E-state index in [1.807, 2.05) is 18.3 Å². The Morgan fingerprint density at radius 2 is 1.75 bits per heavy atom. The number of nitrogens with one attached hydrogen (secondary N) is 1. The van der Waals surface area contributed by atoms with Crippen LogP contribution in [0.1, 0.15) is 45.9 Å². The van der Waals surface area contributed by atoms with E-state index in [1.165, 1.54) is 33.8 Å². The Labute approximate surface area is 197 Å². The largest absolute Gasteiger partial charge is 0.352 e. The van der Waals surface area contributed by atoms with Gasteiger partial charge in [-0.3, -0.25) is 4.98 Å². The van der Waals surface area contributed by atoms with Gasteiger partial charge in [0.1, 0.15) is 0 Å². The van der Waals surface area contributed by atoms with E-state index in [2.05, 4.69) is 96.8 Å². The number of hydrogen-bond acceptors (Lipinski definition) is 3. The maximum atomic E-state index is 5.83. The molecular formula is C26H33N5S. The van der Waals surface area contributed by atoms with E-state index >= 15 is 0 Å². The van der Waals surface area contributed by atoms with E-state index in [0.717, 1.165) is 23.9 Å². The molecule has 4 rings (SSSR count). The average Bonchev–Trinajstić information content (AvgIpc) is 3.23. The lowest BCUT2D eigenvalue weighted by atomic mass is 9.96. The molecule has 32 heavy (non-hydrogen) atoms. The summed E-state index contributed by atoms with van der Waals surface area (Å²) in [4.78, 5) is 9.22. The number of pyridine rings is 1. The predicted molar refractivity (Wildman–Crippen MR) is 135 cm³/mol. The summed E-state index contributed by atoms with van der Waals surface area (Å²) in [5.41, 5.74) is 8.65. The van der Waals surface area contributed by atoms with Crippen molar-refractivity contribution in [2.75, 3.05) is 27.2 Å². The van der Waals surface area contributed by atoms with E-state index in [0.29, 0.717) is 0 Å². The van der Waals surface area contributed by atoms with E-state index < -0.39 is 0 Å². The van der Waals surface area contributed by atoms with Crippen LogP contribution in [0.4, 0.5) is 0 Å². The van der Waals surface area contributed by atoms with Gasteiger partial charge < -0.3 is 19.7 Å². The fourth-order valence-electron chi connectivity index (χ4n) is 4.88. The smallest absolute Gasteiger partial charge is 0.170 e. The molecule has 5 nitrogen and oxygen atoms in total. The normalized spacial score (nSPS) is 18.5. The molecule has 0 radical (unpaired) electrons. The lowest BCUT2D eigenvalue weighted by Gasteiger charge is -2.29. The number of aryl methyl sites for hydroxylation is 3. The van der Waals surface area contributed by atoms with Gasteiger partial charge in [-0.25, -0.2) is 0 Å². The highest BCUT2D eigenvalue weighted by Crippen LogP contribution is 2.41. The Bertz CT molecular complexity index is 1100. The highest BCUT2D eigenvalue weighted by atomic mass is 32.1. The van der Waals surface area contributed by atoms with Gasteiger partial charge in [0.25, 0.3) is 0 Å². The van der Waals surface area contributed by atoms with Crippen LogP contribution in [0.15, 0.2) is 48.7 Å². The third kappa shape index (κ3) is 4.05. The fraction of sp³-hybridized carbons (Fsp3) is 0.385. The van der Waals surface area contributed by atoms with Gasteiger partial charge in [-0.1, -0.05) is 24.3 Å². The molecule has 0 spiro atoms. The van der Waals surface area contributed by atoms with E-state index in [-0.39, 0.29) is 12.1 Å². The van der Waals surface area contributed by atoms with Crippen LogP contribution in [0, 0.1) is 27.7 Å². The van der Waals surface area contributed by atoms with Crippen LogP contribution in [0.25, 0.3) is 5.69 Å². The van der Waals surface area contributed by atoms with Crippen LogP contribution in [0.3, 0.4) is 0 Å². The van der Waals surface area contributed by atoms with Crippen LogP contribution in [-0.4, -0.2) is 51.6 Å². The Hall–Kier alpha value is -2.70. The Kier molecular flexibility index (Phi) is 6.35. The minimum Gasteiger partial charge on any atom is -0.352 e. The van der Waals surface area contributed by atoms with E-state index in [9.17, 15) is 0 Å². The third-order valence-electron chi connectivity index (χ3n) is 6.44. The number of aromatic nitrogens is 2. The van der Waals surface area contributed by atoms with Crippen LogP contribution < -0.4 is 5.32 Å².